The van der Waals surface area contributed by atoms with Crippen molar-refractivity contribution in [3.8, 4) is 17.2 Å². The van der Waals surface area contributed by atoms with Crippen LogP contribution in [0.4, 0.5) is 0 Å². The summed E-state index contributed by atoms with van der Waals surface area (Å²) in [4.78, 5) is 18.8. The molecule has 0 spiro atoms. The fourth-order valence-corrected chi connectivity index (χ4v) is 5.14. The molecule has 0 radical (unpaired) electrons. The summed E-state index contributed by atoms with van der Waals surface area (Å²) in [7, 11) is 0. The van der Waals surface area contributed by atoms with Crippen molar-refractivity contribution < 1.29 is 19.0 Å². The summed E-state index contributed by atoms with van der Waals surface area (Å²) in [6.07, 6.45) is 1.67. The lowest BCUT2D eigenvalue weighted by Gasteiger charge is -2.27. The maximum Gasteiger partial charge on any atom is 0.283 e. The molecular formula is C31H29N3O4S. The van der Waals surface area contributed by atoms with Gasteiger partial charge in [0.15, 0.2) is 16.7 Å². The Morgan fingerprint density at radius 3 is 2.46 bits per heavy atom. The molecule has 2 aliphatic heterocycles. The lowest BCUT2D eigenvalue weighted by Crippen LogP contribution is -2.38. The number of fused-ring (bicyclic) bond motifs is 1. The molecule has 1 amide bonds. The second kappa shape index (κ2) is 11.6. The molecular weight excluding hydrogens is 510 g/mol. The molecule has 3 aromatic carbocycles. The molecule has 7 nitrogen and oxygen atoms in total. The largest absolute Gasteiger partial charge is 0.490 e. The Kier molecular flexibility index (Phi) is 7.84. The number of amidine groups is 2. The van der Waals surface area contributed by atoms with Crippen LogP contribution in [0.5, 0.6) is 17.2 Å². The smallest absolute Gasteiger partial charge is 0.283 e. The molecule has 8 heteroatoms. The summed E-state index contributed by atoms with van der Waals surface area (Å²) in [5.74, 6) is 1.63. The van der Waals surface area contributed by atoms with Crippen molar-refractivity contribution in [1.29, 1.82) is 5.41 Å². The maximum atomic E-state index is 12.9. The molecule has 3 aromatic rings. The van der Waals surface area contributed by atoms with Crippen LogP contribution >= 0.6 is 11.8 Å². The molecule has 0 aromatic heterocycles. The number of carbonyl (C=O) groups is 1. The highest BCUT2D eigenvalue weighted by molar-refractivity contribution is 8.17. The molecule has 0 atom stereocenters. The van der Waals surface area contributed by atoms with Crippen molar-refractivity contribution in [1.82, 2.24) is 4.90 Å². The third kappa shape index (κ3) is 5.76. The molecule has 2 aliphatic rings. The van der Waals surface area contributed by atoms with Crippen molar-refractivity contribution in [3.63, 3.8) is 0 Å². The highest BCUT2D eigenvalue weighted by Crippen LogP contribution is 2.38. The minimum Gasteiger partial charge on any atom is -0.490 e. The van der Waals surface area contributed by atoms with Crippen molar-refractivity contribution in [2.45, 2.75) is 20.8 Å². The van der Waals surface area contributed by atoms with E-state index in [9.17, 15) is 4.79 Å². The van der Waals surface area contributed by atoms with Gasteiger partial charge in [0.2, 0.25) is 0 Å². The number of thioether (sulfide) groups is 1. The Morgan fingerprint density at radius 2 is 1.69 bits per heavy atom. The first-order valence-electron chi connectivity index (χ1n) is 12.7. The zero-order valence-corrected chi connectivity index (χ0v) is 22.9. The van der Waals surface area contributed by atoms with Gasteiger partial charge in [-0.05, 0) is 67.3 Å². The zero-order chi connectivity index (χ0) is 27.4. The molecule has 198 valence electrons. The number of amides is 1. The number of nitrogens with zero attached hydrogens (tertiary/aromatic N) is 2. The summed E-state index contributed by atoms with van der Waals surface area (Å²) in [6.45, 7) is 7.13. The van der Waals surface area contributed by atoms with Crippen LogP contribution in [-0.4, -0.2) is 41.6 Å². The van der Waals surface area contributed by atoms with E-state index < -0.39 is 5.91 Å². The van der Waals surface area contributed by atoms with E-state index in [2.05, 4.69) is 11.1 Å². The summed E-state index contributed by atoms with van der Waals surface area (Å²) in [6, 6.07) is 21.3. The van der Waals surface area contributed by atoms with Gasteiger partial charge < -0.3 is 14.2 Å². The summed E-state index contributed by atoms with van der Waals surface area (Å²) in [5.41, 5.74) is 4.91. The maximum absolute atomic E-state index is 12.9. The van der Waals surface area contributed by atoms with E-state index in [0.717, 1.165) is 28.1 Å². The molecule has 0 fully saturated rings. The number of hydrogen-bond donors (Lipinski definition) is 1. The molecule has 2 heterocycles. The van der Waals surface area contributed by atoms with Gasteiger partial charge in [-0.2, -0.15) is 4.99 Å². The second-order valence-corrected chi connectivity index (χ2v) is 9.87. The predicted molar refractivity (Wildman–Crippen MR) is 157 cm³/mol. The third-order valence-corrected chi connectivity index (χ3v) is 7.03. The quantitative estimate of drug-likeness (QED) is 0.248. The first-order valence-corrected chi connectivity index (χ1v) is 13.6. The Morgan fingerprint density at radius 1 is 0.923 bits per heavy atom. The third-order valence-electron chi connectivity index (χ3n) is 6.20. The summed E-state index contributed by atoms with van der Waals surface area (Å²) < 4.78 is 17.7. The van der Waals surface area contributed by atoms with Crippen LogP contribution < -0.4 is 14.2 Å². The van der Waals surface area contributed by atoms with Gasteiger partial charge in [0, 0.05) is 5.41 Å². The number of rotatable bonds is 9. The van der Waals surface area contributed by atoms with E-state index in [1.807, 2.05) is 86.8 Å². The van der Waals surface area contributed by atoms with E-state index in [0.29, 0.717) is 42.1 Å². The highest BCUT2D eigenvalue weighted by atomic mass is 32.2. The Balaban J connectivity index is 1.32. The number of carbonyl (C=O) groups excluding carboxylic acids is 1. The van der Waals surface area contributed by atoms with Crippen LogP contribution in [0.1, 0.15) is 29.2 Å². The number of aliphatic imine (C=N–C) groups is 1. The molecule has 0 bridgehead atoms. The van der Waals surface area contributed by atoms with Gasteiger partial charge in [0.05, 0.1) is 17.9 Å². The van der Waals surface area contributed by atoms with Gasteiger partial charge in [-0.1, -0.05) is 60.3 Å². The fourth-order valence-electron chi connectivity index (χ4n) is 4.25. The Bertz CT molecular complexity index is 1510. The lowest BCUT2D eigenvalue weighted by molar-refractivity contribution is -0.114. The van der Waals surface area contributed by atoms with Crippen LogP contribution in [0.15, 0.2) is 82.7 Å². The Hall–Kier alpha value is -4.30. The fraction of sp³-hybridized carbons (Fsp3) is 0.194. The highest BCUT2D eigenvalue weighted by Gasteiger charge is 2.36. The average Bonchev–Trinajstić information content (AvgIpc) is 3.36. The van der Waals surface area contributed by atoms with Crippen LogP contribution in [0.25, 0.3) is 11.8 Å². The molecule has 0 saturated heterocycles. The summed E-state index contributed by atoms with van der Waals surface area (Å²) in [5, 5.41) is 11.3. The standard InChI is InChI=1S/C31H29N3O4S/c1-4-36-28-18-22(12-13-26(28)37-14-15-38-27-16-20(2)10-11-21(27)3)17-24-29(32)34-25(23-8-6-5-7-9-23)19-39-31(34)33-30(24)35/h5-13,16-19,32H,4,14-15H2,1-3H3. The second-order valence-electron chi connectivity index (χ2n) is 9.03. The van der Waals surface area contributed by atoms with Gasteiger partial charge in [0.1, 0.15) is 24.8 Å². The van der Waals surface area contributed by atoms with Crippen molar-refractivity contribution in [2.75, 3.05) is 19.8 Å². The minimum atomic E-state index is -0.441. The number of nitrogens with one attached hydrogen (secondary N) is 1. The van der Waals surface area contributed by atoms with E-state index in [1.165, 1.54) is 11.8 Å². The molecule has 39 heavy (non-hydrogen) atoms. The number of benzene rings is 3. The monoisotopic (exact) mass is 539 g/mol. The van der Waals surface area contributed by atoms with Gasteiger partial charge in [0.25, 0.3) is 5.91 Å². The van der Waals surface area contributed by atoms with Gasteiger partial charge in [-0.15, -0.1) is 0 Å². The van der Waals surface area contributed by atoms with E-state index in [-0.39, 0.29) is 11.4 Å². The zero-order valence-electron chi connectivity index (χ0n) is 22.1. The number of aryl methyl sites for hydroxylation is 2. The molecule has 0 saturated carbocycles. The number of ether oxygens (including phenoxy) is 3. The van der Waals surface area contributed by atoms with Gasteiger partial charge in [-0.3, -0.25) is 15.1 Å². The van der Waals surface area contributed by atoms with Crippen LogP contribution in [0.2, 0.25) is 0 Å². The minimum absolute atomic E-state index is 0.0898. The van der Waals surface area contributed by atoms with Crippen molar-refractivity contribution >= 4 is 40.4 Å². The molecule has 5 rings (SSSR count). The topological polar surface area (TPSA) is 84.2 Å². The SMILES string of the molecule is CCOc1cc(C=C2C(=N)N3C(c4ccccc4)=CSC3=NC2=O)ccc1OCCOc1cc(C)ccc1C. The van der Waals surface area contributed by atoms with E-state index in [1.54, 1.807) is 11.0 Å². The average molecular weight is 540 g/mol. The van der Waals surface area contributed by atoms with Crippen LogP contribution in [-0.2, 0) is 4.79 Å². The molecule has 0 unspecified atom stereocenters. The molecule has 0 aliphatic carbocycles. The van der Waals surface area contributed by atoms with Crippen molar-refractivity contribution in [2.24, 2.45) is 4.99 Å². The predicted octanol–water partition coefficient (Wildman–Crippen LogP) is 6.46. The molecule has 1 N–H and O–H groups in total. The van der Waals surface area contributed by atoms with Crippen LogP contribution in [0, 0.1) is 19.3 Å². The van der Waals surface area contributed by atoms with Crippen molar-refractivity contribution in [3.05, 3.63) is 100.0 Å². The normalized spacial score (nSPS) is 15.7. The number of hydrogen-bond acceptors (Lipinski definition) is 6. The van der Waals surface area contributed by atoms with E-state index >= 15 is 0 Å². The first kappa shape index (κ1) is 26.3. The van der Waals surface area contributed by atoms with Crippen LogP contribution in [0.3, 0.4) is 0 Å². The van der Waals surface area contributed by atoms with E-state index in [4.69, 9.17) is 19.6 Å². The first-order chi connectivity index (χ1) is 18.9. The summed E-state index contributed by atoms with van der Waals surface area (Å²) >= 11 is 1.34. The van der Waals surface area contributed by atoms with Gasteiger partial charge >= 0.3 is 0 Å². The lowest BCUT2D eigenvalue weighted by atomic mass is 10.1. The Labute approximate surface area is 232 Å². The van der Waals surface area contributed by atoms with Gasteiger partial charge in [-0.25, -0.2) is 0 Å².